The first-order valence-electron chi connectivity index (χ1n) is 8.15. The number of rotatable bonds is 2. The van der Waals surface area contributed by atoms with Crippen molar-refractivity contribution in [1.29, 1.82) is 0 Å². The molecule has 0 amide bonds. The van der Waals surface area contributed by atoms with Crippen molar-refractivity contribution >= 4 is 29.2 Å². The summed E-state index contributed by atoms with van der Waals surface area (Å²) in [6.45, 7) is 2.30. The Hall–Kier alpha value is -1.19. The first kappa shape index (κ1) is 15.3. The van der Waals surface area contributed by atoms with E-state index in [9.17, 15) is 4.79 Å². The van der Waals surface area contributed by atoms with E-state index < -0.39 is 0 Å². The van der Waals surface area contributed by atoms with Gasteiger partial charge in [0.05, 0.1) is 5.56 Å². The third-order valence-electron chi connectivity index (χ3n) is 5.22. The van der Waals surface area contributed by atoms with E-state index in [1.165, 1.54) is 18.5 Å². The van der Waals surface area contributed by atoms with Gasteiger partial charge in [-0.2, -0.15) is 0 Å². The summed E-state index contributed by atoms with van der Waals surface area (Å²) in [7, 11) is 0. The minimum absolute atomic E-state index is 0.150. The summed E-state index contributed by atoms with van der Waals surface area (Å²) in [6.07, 6.45) is 6.51. The van der Waals surface area contributed by atoms with Crippen LogP contribution in [0.3, 0.4) is 0 Å². The van der Waals surface area contributed by atoms with Gasteiger partial charge in [-0.25, -0.2) is 4.79 Å². The summed E-state index contributed by atoms with van der Waals surface area (Å²) in [5.41, 5.74) is 1.77. The Morgan fingerprint density at radius 2 is 1.91 bits per heavy atom. The van der Waals surface area contributed by atoms with Crippen molar-refractivity contribution in [1.82, 2.24) is 4.90 Å². The van der Waals surface area contributed by atoms with Gasteiger partial charge in [0.15, 0.2) is 0 Å². The van der Waals surface area contributed by atoms with Gasteiger partial charge >= 0.3 is 5.97 Å². The molecule has 4 atom stereocenters. The molecule has 4 bridgehead atoms. The van der Waals surface area contributed by atoms with Crippen molar-refractivity contribution in [3.63, 3.8) is 0 Å². The number of fused-ring (bicyclic) bond motifs is 1. The molecule has 23 heavy (non-hydrogen) atoms. The molecule has 0 spiro atoms. The highest BCUT2D eigenvalue weighted by molar-refractivity contribution is 6.35. The maximum Gasteiger partial charge on any atom is 0.338 e. The fourth-order valence-electron chi connectivity index (χ4n) is 4.51. The van der Waals surface area contributed by atoms with E-state index in [0.717, 1.165) is 18.8 Å². The summed E-state index contributed by atoms with van der Waals surface area (Å²) in [5.74, 6) is 0.444. The van der Waals surface area contributed by atoms with Crippen LogP contribution in [-0.2, 0) is 4.74 Å². The smallest absolute Gasteiger partial charge is 0.338 e. The van der Waals surface area contributed by atoms with Crippen LogP contribution < -0.4 is 0 Å². The first-order chi connectivity index (χ1) is 11.0. The van der Waals surface area contributed by atoms with E-state index in [4.69, 9.17) is 27.9 Å². The molecule has 5 heteroatoms. The molecular formula is C18H19Cl2NO2. The quantitative estimate of drug-likeness (QED) is 0.724. The highest BCUT2D eigenvalue weighted by Gasteiger charge is 2.44. The molecule has 1 aromatic carbocycles. The summed E-state index contributed by atoms with van der Waals surface area (Å²) in [4.78, 5) is 14.9. The molecule has 0 aliphatic carbocycles. The molecule has 0 aromatic heterocycles. The molecule has 1 aromatic rings. The third-order valence-corrected chi connectivity index (χ3v) is 5.65. The molecule has 4 unspecified atom stereocenters. The van der Waals surface area contributed by atoms with Crippen LogP contribution >= 0.6 is 23.2 Å². The van der Waals surface area contributed by atoms with E-state index in [0.29, 0.717) is 27.7 Å². The van der Waals surface area contributed by atoms with Gasteiger partial charge in [0.2, 0.25) is 0 Å². The van der Waals surface area contributed by atoms with Crippen LogP contribution in [0, 0.1) is 5.92 Å². The molecule has 3 nitrogen and oxygen atoms in total. The Labute approximate surface area is 146 Å². The van der Waals surface area contributed by atoms with Gasteiger partial charge in [-0.1, -0.05) is 23.2 Å². The molecule has 0 N–H and O–H groups in total. The number of ether oxygens (including phenoxy) is 1. The van der Waals surface area contributed by atoms with E-state index >= 15 is 0 Å². The molecular weight excluding hydrogens is 333 g/mol. The van der Waals surface area contributed by atoms with Gasteiger partial charge in [0.1, 0.15) is 6.10 Å². The minimum atomic E-state index is -0.357. The first-order valence-corrected chi connectivity index (χ1v) is 8.91. The second-order valence-electron chi connectivity index (χ2n) is 6.95. The third kappa shape index (κ3) is 2.85. The Balaban J connectivity index is 1.52. The molecule has 3 fully saturated rings. The second kappa shape index (κ2) is 5.71. The molecule has 3 saturated heterocycles. The molecule has 4 aliphatic heterocycles. The number of carbonyl (C=O) groups is 1. The van der Waals surface area contributed by atoms with Gasteiger partial charge in [-0.05, 0) is 56.4 Å². The van der Waals surface area contributed by atoms with Crippen LogP contribution in [0.25, 0.3) is 0 Å². The van der Waals surface area contributed by atoms with Crippen LogP contribution in [0.5, 0.6) is 0 Å². The van der Waals surface area contributed by atoms with E-state index in [-0.39, 0.29) is 12.1 Å². The highest BCUT2D eigenvalue weighted by atomic mass is 35.5. The van der Waals surface area contributed by atoms with Crippen LogP contribution in [0.1, 0.15) is 43.0 Å². The standard InChI is InChI=1S/C18H19Cl2NO2/c1-10-2-11-3-15-8-17(9-16(4-11)21(10)15)23-18(22)12-5-13(19)7-14(20)6-12/h5-8,10-11,16-17H,2-4,9H2,1H3. The summed E-state index contributed by atoms with van der Waals surface area (Å²) in [6, 6.07) is 5.93. The van der Waals surface area contributed by atoms with Crippen molar-refractivity contribution < 1.29 is 9.53 Å². The van der Waals surface area contributed by atoms with Crippen LogP contribution in [0.15, 0.2) is 30.0 Å². The maximum atomic E-state index is 12.4. The lowest BCUT2D eigenvalue weighted by Gasteiger charge is -2.55. The van der Waals surface area contributed by atoms with E-state index in [1.54, 1.807) is 18.2 Å². The summed E-state index contributed by atoms with van der Waals surface area (Å²) in [5, 5.41) is 0.890. The number of hydrogen-bond acceptors (Lipinski definition) is 3. The molecule has 4 heterocycles. The number of esters is 1. The molecule has 0 radical (unpaired) electrons. The van der Waals surface area contributed by atoms with Crippen molar-refractivity contribution in [3.8, 4) is 0 Å². The Morgan fingerprint density at radius 3 is 2.57 bits per heavy atom. The normalized spacial score (nSPS) is 31.8. The lowest BCUT2D eigenvalue weighted by Crippen LogP contribution is -2.55. The molecule has 4 aliphatic rings. The van der Waals surface area contributed by atoms with Crippen molar-refractivity contribution in [2.75, 3.05) is 0 Å². The Morgan fingerprint density at radius 1 is 1.17 bits per heavy atom. The number of hydrogen-bond donors (Lipinski definition) is 0. The van der Waals surface area contributed by atoms with Crippen molar-refractivity contribution in [2.45, 2.75) is 50.8 Å². The van der Waals surface area contributed by atoms with Gasteiger partial charge in [0.25, 0.3) is 0 Å². The maximum absolute atomic E-state index is 12.4. The van der Waals surface area contributed by atoms with Crippen LogP contribution in [-0.4, -0.2) is 29.1 Å². The monoisotopic (exact) mass is 351 g/mol. The zero-order chi connectivity index (χ0) is 16.1. The van der Waals surface area contributed by atoms with Crippen LogP contribution in [0.2, 0.25) is 10.0 Å². The largest absolute Gasteiger partial charge is 0.454 e. The lowest BCUT2D eigenvalue weighted by atomic mass is 9.74. The molecule has 0 saturated carbocycles. The fourth-order valence-corrected chi connectivity index (χ4v) is 5.04. The average Bonchev–Trinajstić information content (AvgIpc) is 2.44. The number of allylic oxidation sites excluding steroid dienone is 1. The summed E-state index contributed by atoms with van der Waals surface area (Å²) >= 11 is 11.9. The van der Waals surface area contributed by atoms with E-state index in [2.05, 4.69) is 17.9 Å². The number of piperidine rings is 3. The van der Waals surface area contributed by atoms with Gasteiger partial charge < -0.3 is 9.64 Å². The number of benzene rings is 1. The van der Waals surface area contributed by atoms with Gasteiger partial charge in [-0.15, -0.1) is 0 Å². The highest BCUT2D eigenvalue weighted by Crippen LogP contribution is 2.46. The molecule has 5 rings (SSSR count). The van der Waals surface area contributed by atoms with Crippen molar-refractivity contribution in [2.24, 2.45) is 5.92 Å². The second-order valence-corrected chi connectivity index (χ2v) is 7.82. The Kier molecular flexibility index (Phi) is 3.81. The summed E-state index contributed by atoms with van der Waals surface area (Å²) < 4.78 is 5.71. The van der Waals surface area contributed by atoms with Crippen LogP contribution in [0.4, 0.5) is 0 Å². The fraction of sp³-hybridized carbons (Fsp3) is 0.500. The number of nitrogens with zero attached hydrogens (tertiary/aromatic N) is 1. The van der Waals surface area contributed by atoms with Gasteiger partial charge in [0, 0.05) is 34.2 Å². The number of carbonyl (C=O) groups excluding carboxylic acids is 1. The zero-order valence-corrected chi connectivity index (χ0v) is 14.5. The molecule has 122 valence electrons. The van der Waals surface area contributed by atoms with E-state index in [1.807, 2.05) is 0 Å². The topological polar surface area (TPSA) is 29.5 Å². The van der Waals surface area contributed by atoms with Crippen molar-refractivity contribution in [3.05, 3.63) is 45.6 Å². The predicted molar refractivity (Wildman–Crippen MR) is 90.8 cm³/mol. The predicted octanol–water partition coefficient (Wildman–Crippen LogP) is 4.68. The SMILES string of the molecule is CC1CC2CC3=CC(OC(=O)c4cc(Cl)cc(Cl)c4)CC(C2)N31. The Bertz CT molecular complexity index is 667. The minimum Gasteiger partial charge on any atom is -0.454 e. The van der Waals surface area contributed by atoms with Gasteiger partial charge in [-0.3, -0.25) is 0 Å². The number of halogens is 2. The lowest BCUT2D eigenvalue weighted by molar-refractivity contribution is -0.00909. The average molecular weight is 352 g/mol. The zero-order valence-electron chi connectivity index (χ0n) is 13.0.